The molecule has 1 aliphatic heterocycles. The van der Waals surface area contributed by atoms with E-state index in [2.05, 4.69) is 32.1 Å². The lowest BCUT2D eigenvalue weighted by molar-refractivity contribution is 0.416. The summed E-state index contributed by atoms with van der Waals surface area (Å²) in [5.74, 6) is 1.49. The van der Waals surface area contributed by atoms with Crippen LogP contribution in [0.2, 0.25) is 0 Å². The van der Waals surface area contributed by atoms with Gasteiger partial charge in [-0.05, 0) is 26.7 Å². The molecule has 108 valence electrons. The smallest absolute Gasteiger partial charge is 0.245 e. The second-order valence-corrected chi connectivity index (χ2v) is 5.49. The Kier molecular flexibility index (Phi) is 3.21. The summed E-state index contributed by atoms with van der Waals surface area (Å²) in [7, 11) is 1.92. The first kappa shape index (κ1) is 13.1. The molecule has 20 heavy (non-hydrogen) atoms. The number of hydrogen-bond donors (Lipinski definition) is 2. The van der Waals surface area contributed by atoms with Crippen molar-refractivity contribution in [3.05, 3.63) is 11.9 Å². The van der Waals surface area contributed by atoms with Crippen LogP contribution in [0.5, 0.6) is 0 Å². The molecule has 3 N–H and O–H groups in total. The van der Waals surface area contributed by atoms with Crippen molar-refractivity contribution in [3.63, 3.8) is 0 Å². The van der Waals surface area contributed by atoms with E-state index in [0.717, 1.165) is 42.4 Å². The topological polar surface area (TPSA) is 88.7 Å². The minimum Gasteiger partial charge on any atom is -0.335 e. The second-order valence-electron chi connectivity index (χ2n) is 5.49. The summed E-state index contributed by atoms with van der Waals surface area (Å²) >= 11 is 0. The molecule has 2 unspecified atom stereocenters. The minimum absolute atomic E-state index is 0.186. The van der Waals surface area contributed by atoms with Crippen LogP contribution in [0.25, 0.3) is 11.4 Å². The lowest BCUT2D eigenvalue weighted by Gasteiger charge is -2.36. The van der Waals surface area contributed by atoms with E-state index in [-0.39, 0.29) is 12.1 Å². The zero-order chi connectivity index (χ0) is 14.3. The number of nitrogens with two attached hydrogens (primary N) is 1. The highest BCUT2D eigenvalue weighted by Crippen LogP contribution is 2.24. The standard InChI is InChI=1S/C13H21N7/c1-8-10(7-15-19(8)3)12-16-13(18-17-12)20-6-4-5-11(14)9(20)2/h7,9,11H,4-6,14H2,1-3H3,(H,16,17,18). The Balaban J connectivity index is 1.88. The predicted molar refractivity (Wildman–Crippen MR) is 77.3 cm³/mol. The molecule has 0 aliphatic carbocycles. The van der Waals surface area contributed by atoms with Gasteiger partial charge < -0.3 is 10.6 Å². The van der Waals surface area contributed by atoms with Crippen molar-refractivity contribution in [3.8, 4) is 11.4 Å². The molecule has 1 fully saturated rings. The summed E-state index contributed by atoms with van der Waals surface area (Å²) in [6.45, 7) is 5.11. The van der Waals surface area contributed by atoms with Gasteiger partial charge in [-0.25, -0.2) is 0 Å². The Morgan fingerprint density at radius 2 is 2.25 bits per heavy atom. The number of nitrogens with zero attached hydrogens (tertiary/aromatic N) is 5. The Bertz CT molecular complexity index is 600. The molecule has 3 rings (SSSR count). The van der Waals surface area contributed by atoms with Gasteiger partial charge in [0.2, 0.25) is 5.95 Å². The van der Waals surface area contributed by atoms with Gasteiger partial charge in [-0.3, -0.25) is 9.78 Å². The summed E-state index contributed by atoms with van der Waals surface area (Å²) in [6.07, 6.45) is 3.96. The van der Waals surface area contributed by atoms with Crippen molar-refractivity contribution in [2.24, 2.45) is 12.8 Å². The average Bonchev–Trinajstić information content (AvgIpc) is 3.02. The van der Waals surface area contributed by atoms with Crippen molar-refractivity contribution in [1.29, 1.82) is 0 Å². The van der Waals surface area contributed by atoms with Crippen LogP contribution in [0.3, 0.4) is 0 Å². The van der Waals surface area contributed by atoms with Gasteiger partial charge in [-0.1, -0.05) is 0 Å². The lowest BCUT2D eigenvalue weighted by atomic mass is 9.99. The van der Waals surface area contributed by atoms with Crippen LogP contribution in [-0.2, 0) is 7.05 Å². The number of nitrogens with one attached hydrogen (secondary N) is 1. The molecular formula is C13H21N7. The number of hydrogen-bond acceptors (Lipinski definition) is 5. The van der Waals surface area contributed by atoms with Crippen LogP contribution >= 0.6 is 0 Å². The van der Waals surface area contributed by atoms with Gasteiger partial charge in [-0.15, -0.1) is 5.10 Å². The second kappa shape index (κ2) is 4.90. The van der Waals surface area contributed by atoms with E-state index < -0.39 is 0 Å². The fourth-order valence-corrected chi connectivity index (χ4v) is 2.69. The molecule has 0 aromatic carbocycles. The van der Waals surface area contributed by atoms with Gasteiger partial charge >= 0.3 is 0 Å². The number of aryl methyl sites for hydroxylation is 1. The maximum atomic E-state index is 6.13. The minimum atomic E-state index is 0.186. The molecular weight excluding hydrogens is 254 g/mol. The molecule has 0 saturated carbocycles. The molecule has 0 amide bonds. The van der Waals surface area contributed by atoms with E-state index >= 15 is 0 Å². The third-order valence-electron chi connectivity index (χ3n) is 4.27. The summed E-state index contributed by atoms with van der Waals surface area (Å²) in [6, 6.07) is 0.452. The van der Waals surface area contributed by atoms with Crippen molar-refractivity contribution < 1.29 is 0 Å². The van der Waals surface area contributed by atoms with Gasteiger partial charge in [0.25, 0.3) is 0 Å². The number of aromatic amines is 1. The Labute approximate surface area is 118 Å². The quantitative estimate of drug-likeness (QED) is 0.847. The summed E-state index contributed by atoms with van der Waals surface area (Å²) in [5, 5.41) is 11.6. The highest BCUT2D eigenvalue weighted by atomic mass is 15.4. The first-order valence-corrected chi connectivity index (χ1v) is 7.01. The molecule has 0 spiro atoms. The van der Waals surface area contributed by atoms with E-state index in [1.807, 2.05) is 24.9 Å². The van der Waals surface area contributed by atoms with Gasteiger partial charge in [0.05, 0.1) is 11.8 Å². The molecule has 0 bridgehead atoms. The van der Waals surface area contributed by atoms with Crippen LogP contribution in [0, 0.1) is 6.92 Å². The monoisotopic (exact) mass is 275 g/mol. The van der Waals surface area contributed by atoms with Crippen molar-refractivity contribution in [1.82, 2.24) is 25.0 Å². The maximum absolute atomic E-state index is 6.13. The van der Waals surface area contributed by atoms with Crippen LogP contribution in [0.4, 0.5) is 5.95 Å². The highest BCUT2D eigenvalue weighted by molar-refractivity contribution is 5.58. The van der Waals surface area contributed by atoms with Gasteiger partial charge in [0.1, 0.15) is 0 Å². The molecule has 1 saturated heterocycles. The van der Waals surface area contributed by atoms with Crippen molar-refractivity contribution in [2.75, 3.05) is 11.4 Å². The number of piperidine rings is 1. The molecule has 2 aromatic heterocycles. The summed E-state index contributed by atoms with van der Waals surface area (Å²) in [5.41, 5.74) is 8.18. The van der Waals surface area contributed by atoms with E-state index in [1.54, 1.807) is 0 Å². The van der Waals surface area contributed by atoms with E-state index in [0.29, 0.717) is 0 Å². The first-order valence-electron chi connectivity index (χ1n) is 7.01. The van der Waals surface area contributed by atoms with Crippen molar-refractivity contribution >= 4 is 5.95 Å². The molecule has 1 aliphatic rings. The normalized spacial score (nSPS) is 23.3. The van der Waals surface area contributed by atoms with E-state index in [9.17, 15) is 0 Å². The zero-order valence-corrected chi connectivity index (χ0v) is 12.2. The third-order valence-corrected chi connectivity index (χ3v) is 4.27. The summed E-state index contributed by atoms with van der Waals surface area (Å²) in [4.78, 5) is 6.79. The third kappa shape index (κ3) is 2.07. The molecule has 3 heterocycles. The highest BCUT2D eigenvalue weighted by Gasteiger charge is 2.28. The van der Waals surface area contributed by atoms with Crippen LogP contribution in [0.15, 0.2) is 6.20 Å². The van der Waals surface area contributed by atoms with Gasteiger partial charge in [0, 0.05) is 31.4 Å². The predicted octanol–water partition coefficient (Wildman–Crippen LogP) is 0.830. The first-order chi connectivity index (χ1) is 9.58. The van der Waals surface area contributed by atoms with Crippen LogP contribution < -0.4 is 10.6 Å². The fourth-order valence-electron chi connectivity index (χ4n) is 2.69. The largest absolute Gasteiger partial charge is 0.335 e. The summed E-state index contributed by atoms with van der Waals surface area (Å²) < 4.78 is 1.83. The van der Waals surface area contributed by atoms with Crippen molar-refractivity contribution in [2.45, 2.75) is 38.8 Å². The Hall–Kier alpha value is -1.89. The molecule has 7 heteroatoms. The fraction of sp³-hybridized carbons (Fsp3) is 0.615. The van der Waals surface area contributed by atoms with Crippen LogP contribution in [0.1, 0.15) is 25.5 Å². The lowest BCUT2D eigenvalue weighted by Crippen LogP contribution is -2.50. The Morgan fingerprint density at radius 1 is 1.45 bits per heavy atom. The maximum Gasteiger partial charge on any atom is 0.245 e. The zero-order valence-electron chi connectivity index (χ0n) is 12.2. The number of rotatable bonds is 2. The average molecular weight is 275 g/mol. The molecule has 2 atom stereocenters. The molecule has 7 nitrogen and oxygen atoms in total. The number of H-pyrrole nitrogens is 1. The van der Waals surface area contributed by atoms with Crippen LogP contribution in [-0.4, -0.2) is 43.6 Å². The Morgan fingerprint density at radius 3 is 2.95 bits per heavy atom. The SMILES string of the molecule is Cc1c(-c2nc(N3CCCC(N)C3C)n[nH]2)cnn1C. The van der Waals surface area contributed by atoms with E-state index in [4.69, 9.17) is 5.73 Å². The molecule has 2 aromatic rings. The number of anilines is 1. The van der Waals surface area contributed by atoms with E-state index in [1.165, 1.54) is 0 Å². The number of aromatic nitrogens is 5. The van der Waals surface area contributed by atoms with Gasteiger partial charge in [-0.2, -0.15) is 10.1 Å². The molecule has 0 radical (unpaired) electrons. The van der Waals surface area contributed by atoms with Gasteiger partial charge in [0.15, 0.2) is 5.82 Å².